The minimum atomic E-state index is -0.673. The minimum Gasteiger partial charge on any atom is -0.478 e. The van der Waals surface area contributed by atoms with Crippen molar-refractivity contribution in [3.05, 3.63) is 65.7 Å². The Morgan fingerprint density at radius 2 is 1.68 bits per heavy atom. The summed E-state index contributed by atoms with van der Waals surface area (Å²) in [6, 6.07) is 16.2. The van der Waals surface area contributed by atoms with Crippen molar-refractivity contribution >= 4 is 11.5 Å². The van der Waals surface area contributed by atoms with Crippen LogP contribution in [-0.2, 0) is 0 Å². The van der Waals surface area contributed by atoms with E-state index in [1.165, 1.54) is 0 Å². The first-order chi connectivity index (χ1) is 9.31. The number of oxime groups is 1. The highest BCUT2D eigenvalue weighted by Gasteiger charge is 2.34. The van der Waals surface area contributed by atoms with E-state index in [1.807, 2.05) is 30.3 Å². The number of rotatable bonds is 1. The lowest BCUT2D eigenvalue weighted by molar-refractivity contribution is 0.102. The Labute approximate surface area is 109 Å². The predicted octanol–water partition coefficient (Wildman–Crippen LogP) is 2.83. The van der Waals surface area contributed by atoms with Gasteiger partial charge >= 0.3 is 0 Å². The number of para-hydroxylation sites is 1. The maximum atomic E-state index is 12.3. The molecule has 0 radical (unpaired) electrons. The van der Waals surface area contributed by atoms with E-state index >= 15 is 0 Å². The first kappa shape index (κ1) is 11.5. The molecule has 0 saturated heterocycles. The number of Topliss-reactive ketones (excluding diaryl/α,β-unsaturated/α-hetero) is 1. The van der Waals surface area contributed by atoms with Crippen LogP contribution < -0.4 is 4.74 Å². The Morgan fingerprint density at radius 3 is 2.42 bits per heavy atom. The fourth-order valence-corrected chi connectivity index (χ4v) is 2.15. The lowest BCUT2D eigenvalue weighted by Gasteiger charge is -2.25. The molecule has 0 unspecified atom stereocenters. The fraction of sp³-hybridized carbons (Fsp3) is 0.0667. The van der Waals surface area contributed by atoms with E-state index in [-0.39, 0.29) is 11.5 Å². The molecule has 19 heavy (non-hydrogen) atoms. The molecule has 1 aliphatic rings. The molecular formula is C15H11NO3. The van der Waals surface area contributed by atoms with Gasteiger partial charge in [0.25, 0.3) is 0 Å². The molecule has 0 saturated carbocycles. The Morgan fingerprint density at radius 1 is 1.00 bits per heavy atom. The number of carbonyl (C=O) groups excluding carboxylic acids is 1. The molecule has 2 aromatic rings. The van der Waals surface area contributed by atoms with Crippen molar-refractivity contribution in [1.82, 2.24) is 0 Å². The highest BCUT2D eigenvalue weighted by molar-refractivity contribution is 6.48. The van der Waals surface area contributed by atoms with Gasteiger partial charge in [-0.15, -0.1) is 0 Å². The van der Waals surface area contributed by atoms with Crippen molar-refractivity contribution < 1.29 is 14.7 Å². The molecule has 1 heterocycles. The molecule has 4 heteroatoms. The van der Waals surface area contributed by atoms with Gasteiger partial charge in [0.15, 0.2) is 11.8 Å². The molecule has 1 N–H and O–H groups in total. The smallest absolute Gasteiger partial charge is 0.218 e. The summed E-state index contributed by atoms with van der Waals surface area (Å²) in [5, 5.41) is 12.2. The van der Waals surface area contributed by atoms with Crippen molar-refractivity contribution in [2.24, 2.45) is 5.16 Å². The van der Waals surface area contributed by atoms with Gasteiger partial charge in [-0.1, -0.05) is 47.6 Å². The average molecular weight is 253 g/mol. The van der Waals surface area contributed by atoms with Gasteiger partial charge in [-0.25, -0.2) is 0 Å². The molecule has 0 aliphatic carbocycles. The van der Waals surface area contributed by atoms with E-state index in [0.717, 1.165) is 5.56 Å². The minimum absolute atomic E-state index is 0.00454. The van der Waals surface area contributed by atoms with Gasteiger partial charge < -0.3 is 9.94 Å². The maximum Gasteiger partial charge on any atom is 0.218 e. The van der Waals surface area contributed by atoms with Crippen molar-refractivity contribution in [2.45, 2.75) is 6.10 Å². The molecule has 0 amide bonds. The van der Waals surface area contributed by atoms with E-state index in [2.05, 4.69) is 5.16 Å². The second-order valence-corrected chi connectivity index (χ2v) is 4.22. The van der Waals surface area contributed by atoms with Crippen LogP contribution in [0, 0.1) is 0 Å². The highest BCUT2D eigenvalue weighted by atomic mass is 16.5. The van der Waals surface area contributed by atoms with Gasteiger partial charge in [-0.2, -0.15) is 0 Å². The summed E-state index contributed by atoms with van der Waals surface area (Å²) in [5.74, 6) is 0.201. The summed E-state index contributed by atoms with van der Waals surface area (Å²) in [4.78, 5) is 12.3. The quantitative estimate of drug-likeness (QED) is 0.628. The molecule has 3 rings (SSSR count). The van der Waals surface area contributed by atoms with Crippen LogP contribution in [0.1, 0.15) is 22.0 Å². The largest absolute Gasteiger partial charge is 0.478 e. The summed E-state index contributed by atoms with van der Waals surface area (Å²) in [6.07, 6.45) is -0.673. The Bertz CT molecular complexity index is 649. The standard InChI is InChI=1S/C15H11NO3/c17-14-11-8-4-5-9-12(11)19-15(13(14)16-18)10-6-2-1-3-7-10/h1-9,15,18H/b16-13+/t15-/m1/s1. The second-order valence-electron chi connectivity index (χ2n) is 4.22. The summed E-state index contributed by atoms with van der Waals surface area (Å²) in [5.41, 5.74) is 1.20. The lowest BCUT2D eigenvalue weighted by Crippen LogP contribution is -2.32. The number of carbonyl (C=O) groups is 1. The van der Waals surface area contributed by atoms with Crippen molar-refractivity contribution in [3.8, 4) is 5.75 Å². The molecule has 2 aromatic carbocycles. The summed E-state index contributed by atoms with van der Waals surface area (Å²) < 4.78 is 5.78. The zero-order chi connectivity index (χ0) is 13.2. The molecule has 4 nitrogen and oxygen atoms in total. The number of hydrogen-bond donors (Lipinski definition) is 1. The Kier molecular flexibility index (Phi) is 2.76. The Hall–Kier alpha value is -2.62. The molecule has 0 fully saturated rings. The van der Waals surface area contributed by atoms with Crippen LogP contribution in [0.4, 0.5) is 0 Å². The number of ketones is 1. The number of ether oxygens (including phenoxy) is 1. The first-order valence-electron chi connectivity index (χ1n) is 5.88. The number of fused-ring (bicyclic) bond motifs is 1. The molecule has 1 atom stereocenters. The van der Waals surface area contributed by atoms with Crippen LogP contribution in [0.2, 0.25) is 0 Å². The predicted molar refractivity (Wildman–Crippen MR) is 69.8 cm³/mol. The van der Waals surface area contributed by atoms with E-state index in [4.69, 9.17) is 9.94 Å². The number of hydrogen-bond acceptors (Lipinski definition) is 4. The van der Waals surface area contributed by atoms with Gasteiger partial charge in [-0.3, -0.25) is 4.79 Å². The third-order valence-electron chi connectivity index (χ3n) is 3.07. The molecule has 94 valence electrons. The zero-order valence-electron chi connectivity index (χ0n) is 9.98. The summed E-state index contributed by atoms with van der Waals surface area (Å²) in [6.45, 7) is 0. The van der Waals surface area contributed by atoms with Gasteiger partial charge in [0.05, 0.1) is 5.56 Å². The van der Waals surface area contributed by atoms with Crippen LogP contribution in [0.15, 0.2) is 59.8 Å². The fourth-order valence-electron chi connectivity index (χ4n) is 2.15. The zero-order valence-corrected chi connectivity index (χ0v) is 9.98. The van der Waals surface area contributed by atoms with E-state index in [9.17, 15) is 4.79 Å². The van der Waals surface area contributed by atoms with Gasteiger partial charge in [0.1, 0.15) is 5.75 Å². The van der Waals surface area contributed by atoms with Gasteiger partial charge in [-0.05, 0) is 17.7 Å². The van der Waals surface area contributed by atoms with Crippen LogP contribution in [0.25, 0.3) is 0 Å². The summed E-state index contributed by atoms with van der Waals surface area (Å²) >= 11 is 0. The molecule has 0 bridgehead atoms. The highest BCUT2D eigenvalue weighted by Crippen LogP contribution is 2.33. The average Bonchev–Trinajstić information content (AvgIpc) is 2.48. The van der Waals surface area contributed by atoms with Crippen LogP contribution in [0.3, 0.4) is 0 Å². The number of nitrogens with zero attached hydrogens (tertiary/aromatic N) is 1. The molecule has 1 aliphatic heterocycles. The number of benzene rings is 2. The monoisotopic (exact) mass is 253 g/mol. The van der Waals surface area contributed by atoms with E-state index < -0.39 is 6.10 Å². The van der Waals surface area contributed by atoms with Gasteiger partial charge in [0.2, 0.25) is 5.78 Å². The molecule has 0 spiro atoms. The van der Waals surface area contributed by atoms with Gasteiger partial charge in [0, 0.05) is 0 Å². The first-order valence-corrected chi connectivity index (χ1v) is 5.88. The van der Waals surface area contributed by atoms with Crippen molar-refractivity contribution in [2.75, 3.05) is 0 Å². The van der Waals surface area contributed by atoms with Crippen molar-refractivity contribution in [3.63, 3.8) is 0 Å². The topological polar surface area (TPSA) is 58.9 Å². The van der Waals surface area contributed by atoms with E-state index in [1.54, 1.807) is 24.3 Å². The van der Waals surface area contributed by atoms with Crippen LogP contribution in [-0.4, -0.2) is 16.7 Å². The maximum absolute atomic E-state index is 12.3. The third-order valence-corrected chi connectivity index (χ3v) is 3.07. The van der Waals surface area contributed by atoms with Crippen LogP contribution >= 0.6 is 0 Å². The molecule has 0 aromatic heterocycles. The third kappa shape index (κ3) is 1.87. The lowest BCUT2D eigenvalue weighted by atomic mass is 9.94. The summed E-state index contributed by atoms with van der Waals surface area (Å²) in [7, 11) is 0. The SMILES string of the molecule is O=C1/C(=N\O)[C@@H](c2ccccc2)Oc2ccccc21. The van der Waals surface area contributed by atoms with Crippen LogP contribution in [0.5, 0.6) is 5.75 Å². The molecular weight excluding hydrogens is 242 g/mol. The normalized spacial score (nSPS) is 19.9. The van der Waals surface area contributed by atoms with E-state index in [0.29, 0.717) is 11.3 Å². The Balaban J connectivity index is 2.11. The van der Waals surface area contributed by atoms with Crippen molar-refractivity contribution in [1.29, 1.82) is 0 Å². The second kappa shape index (κ2) is 4.57.